The van der Waals surface area contributed by atoms with Crippen molar-refractivity contribution in [2.45, 2.75) is 13.3 Å². The first-order chi connectivity index (χ1) is 8.60. The standard InChI is InChI=1S/C12H16N2O4/c1-3-8(12(16)17)6-14-11(15)9-4-5-13-7-10(9)18-2/h4-5,7-8H,3,6H2,1-2H3,(H,14,15)(H,16,17). The highest BCUT2D eigenvalue weighted by atomic mass is 16.5. The highest BCUT2D eigenvalue weighted by Crippen LogP contribution is 2.15. The van der Waals surface area contributed by atoms with Crippen LogP contribution in [0.5, 0.6) is 5.75 Å². The molecule has 6 heteroatoms. The van der Waals surface area contributed by atoms with Gasteiger partial charge in [0.15, 0.2) is 0 Å². The molecule has 1 amide bonds. The zero-order valence-electron chi connectivity index (χ0n) is 10.3. The Morgan fingerprint density at radius 1 is 1.56 bits per heavy atom. The number of carboxylic acid groups (broad SMARTS) is 1. The monoisotopic (exact) mass is 252 g/mol. The van der Waals surface area contributed by atoms with Crippen molar-refractivity contribution in [2.75, 3.05) is 13.7 Å². The van der Waals surface area contributed by atoms with Gasteiger partial charge in [0.05, 0.1) is 24.8 Å². The molecule has 1 aromatic rings. The lowest BCUT2D eigenvalue weighted by Crippen LogP contribution is -2.32. The van der Waals surface area contributed by atoms with Crippen LogP contribution in [0.3, 0.4) is 0 Å². The maximum Gasteiger partial charge on any atom is 0.308 e. The average molecular weight is 252 g/mol. The molecule has 0 fully saturated rings. The summed E-state index contributed by atoms with van der Waals surface area (Å²) in [5.41, 5.74) is 0.341. The second-order valence-corrected chi connectivity index (χ2v) is 3.73. The summed E-state index contributed by atoms with van der Waals surface area (Å²) in [6.45, 7) is 1.86. The molecule has 18 heavy (non-hydrogen) atoms. The summed E-state index contributed by atoms with van der Waals surface area (Å²) in [7, 11) is 1.44. The molecule has 0 spiro atoms. The summed E-state index contributed by atoms with van der Waals surface area (Å²) in [6.07, 6.45) is 3.37. The lowest BCUT2D eigenvalue weighted by molar-refractivity contribution is -0.141. The fraction of sp³-hybridized carbons (Fsp3) is 0.417. The number of aliphatic carboxylic acids is 1. The number of carboxylic acids is 1. The van der Waals surface area contributed by atoms with Crippen LogP contribution in [-0.2, 0) is 4.79 Å². The number of hydrogen-bond acceptors (Lipinski definition) is 4. The van der Waals surface area contributed by atoms with Gasteiger partial charge in [-0.05, 0) is 12.5 Å². The molecule has 0 bridgehead atoms. The van der Waals surface area contributed by atoms with Gasteiger partial charge >= 0.3 is 5.97 Å². The number of carbonyl (C=O) groups is 2. The van der Waals surface area contributed by atoms with E-state index in [1.54, 1.807) is 6.92 Å². The predicted molar refractivity (Wildman–Crippen MR) is 64.5 cm³/mol. The minimum Gasteiger partial charge on any atom is -0.494 e. The van der Waals surface area contributed by atoms with Crippen molar-refractivity contribution in [1.29, 1.82) is 0 Å². The van der Waals surface area contributed by atoms with Gasteiger partial charge in [0.2, 0.25) is 0 Å². The molecule has 1 rings (SSSR count). The van der Waals surface area contributed by atoms with E-state index in [1.807, 2.05) is 0 Å². The van der Waals surface area contributed by atoms with Crippen molar-refractivity contribution in [3.8, 4) is 5.75 Å². The molecule has 98 valence electrons. The molecule has 1 heterocycles. The third-order valence-corrected chi connectivity index (χ3v) is 2.60. The van der Waals surface area contributed by atoms with Crippen LogP contribution in [0, 0.1) is 5.92 Å². The van der Waals surface area contributed by atoms with Crippen LogP contribution in [0.25, 0.3) is 0 Å². The van der Waals surface area contributed by atoms with Crippen LogP contribution >= 0.6 is 0 Å². The molecule has 1 aromatic heterocycles. The topological polar surface area (TPSA) is 88.5 Å². The van der Waals surface area contributed by atoms with E-state index >= 15 is 0 Å². The van der Waals surface area contributed by atoms with Gasteiger partial charge in [0, 0.05) is 12.7 Å². The Hall–Kier alpha value is -2.11. The van der Waals surface area contributed by atoms with Crippen molar-refractivity contribution >= 4 is 11.9 Å². The number of carbonyl (C=O) groups excluding carboxylic acids is 1. The number of hydrogen-bond donors (Lipinski definition) is 2. The Balaban J connectivity index is 2.68. The fourth-order valence-corrected chi connectivity index (χ4v) is 1.45. The largest absolute Gasteiger partial charge is 0.494 e. The number of nitrogens with zero attached hydrogens (tertiary/aromatic N) is 1. The van der Waals surface area contributed by atoms with Gasteiger partial charge in [0.1, 0.15) is 5.75 Å². The molecule has 0 saturated carbocycles. The summed E-state index contributed by atoms with van der Waals surface area (Å²) >= 11 is 0. The molecule has 6 nitrogen and oxygen atoms in total. The van der Waals surface area contributed by atoms with Gasteiger partial charge in [-0.1, -0.05) is 6.92 Å². The Morgan fingerprint density at radius 2 is 2.28 bits per heavy atom. The van der Waals surface area contributed by atoms with Crippen LogP contribution in [0.1, 0.15) is 23.7 Å². The Bertz CT molecular complexity index is 434. The van der Waals surface area contributed by atoms with Crippen molar-refractivity contribution in [1.82, 2.24) is 10.3 Å². The minimum atomic E-state index is -0.917. The molecule has 0 aliphatic heterocycles. The molecule has 1 unspecified atom stereocenters. The number of methoxy groups -OCH3 is 1. The maximum absolute atomic E-state index is 11.9. The quantitative estimate of drug-likeness (QED) is 0.786. The van der Waals surface area contributed by atoms with E-state index in [0.717, 1.165) is 0 Å². The first kappa shape index (κ1) is 14.0. The van der Waals surface area contributed by atoms with Gasteiger partial charge in [0.25, 0.3) is 5.91 Å². The van der Waals surface area contributed by atoms with Gasteiger partial charge < -0.3 is 15.2 Å². The van der Waals surface area contributed by atoms with E-state index in [9.17, 15) is 9.59 Å². The van der Waals surface area contributed by atoms with Crippen molar-refractivity contribution in [3.63, 3.8) is 0 Å². The maximum atomic E-state index is 11.9. The zero-order valence-corrected chi connectivity index (χ0v) is 10.3. The van der Waals surface area contributed by atoms with Crippen LogP contribution in [0.4, 0.5) is 0 Å². The van der Waals surface area contributed by atoms with E-state index in [-0.39, 0.29) is 12.5 Å². The van der Waals surface area contributed by atoms with Crippen LogP contribution in [-0.4, -0.2) is 35.6 Å². The lowest BCUT2D eigenvalue weighted by Gasteiger charge is -2.12. The van der Waals surface area contributed by atoms with Crippen LogP contribution in [0.2, 0.25) is 0 Å². The molecular weight excluding hydrogens is 236 g/mol. The molecule has 2 N–H and O–H groups in total. The second-order valence-electron chi connectivity index (χ2n) is 3.73. The highest BCUT2D eigenvalue weighted by Gasteiger charge is 2.18. The van der Waals surface area contributed by atoms with Gasteiger partial charge in [-0.15, -0.1) is 0 Å². The molecule has 0 aliphatic rings. The number of nitrogens with one attached hydrogen (secondary N) is 1. The van der Waals surface area contributed by atoms with Gasteiger partial charge in [-0.2, -0.15) is 0 Å². The Labute approximate surface area is 105 Å². The smallest absolute Gasteiger partial charge is 0.308 e. The Morgan fingerprint density at radius 3 is 2.83 bits per heavy atom. The van der Waals surface area contributed by atoms with Crippen LogP contribution in [0.15, 0.2) is 18.5 Å². The van der Waals surface area contributed by atoms with E-state index in [1.165, 1.54) is 25.6 Å². The van der Waals surface area contributed by atoms with E-state index in [0.29, 0.717) is 17.7 Å². The van der Waals surface area contributed by atoms with Crippen LogP contribution < -0.4 is 10.1 Å². The first-order valence-corrected chi connectivity index (χ1v) is 5.59. The van der Waals surface area contributed by atoms with Crippen molar-refractivity contribution in [2.24, 2.45) is 5.92 Å². The van der Waals surface area contributed by atoms with E-state index in [4.69, 9.17) is 9.84 Å². The Kier molecular flexibility index (Phi) is 5.10. The molecule has 0 radical (unpaired) electrons. The zero-order chi connectivity index (χ0) is 13.5. The lowest BCUT2D eigenvalue weighted by atomic mass is 10.1. The SMILES string of the molecule is CCC(CNC(=O)c1ccncc1OC)C(=O)O. The summed E-state index contributed by atoms with van der Waals surface area (Å²) in [5.74, 6) is -1.51. The number of ether oxygens (including phenoxy) is 1. The van der Waals surface area contributed by atoms with Gasteiger partial charge in [-0.25, -0.2) is 0 Å². The number of rotatable bonds is 6. The first-order valence-electron chi connectivity index (χ1n) is 5.59. The molecule has 0 saturated heterocycles. The highest BCUT2D eigenvalue weighted by molar-refractivity contribution is 5.96. The summed E-state index contributed by atoms with van der Waals surface area (Å²) in [5, 5.41) is 11.4. The van der Waals surface area contributed by atoms with Gasteiger partial charge in [-0.3, -0.25) is 14.6 Å². The van der Waals surface area contributed by atoms with E-state index in [2.05, 4.69) is 10.3 Å². The van der Waals surface area contributed by atoms with Crippen molar-refractivity contribution in [3.05, 3.63) is 24.0 Å². The summed E-state index contributed by atoms with van der Waals surface area (Å²) in [6, 6.07) is 1.52. The average Bonchev–Trinajstić information content (AvgIpc) is 2.38. The van der Waals surface area contributed by atoms with E-state index < -0.39 is 11.9 Å². The molecular formula is C12H16N2O4. The molecule has 0 aliphatic carbocycles. The number of amides is 1. The third kappa shape index (κ3) is 3.44. The van der Waals surface area contributed by atoms with Crippen molar-refractivity contribution < 1.29 is 19.4 Å². The number of pyridine rings is 1. The molecule has 1 atom stereocenters. The third-order valence-electron chi connectivity index (χ3n) is 2.60. The minimum absolute atomic E-state index is 0.0934. The second kappa shape index (κ2) is 6.58. The number of aromatic nitrogens is 1. The summed E-state index contributed by atoms with van der Waals surface area (Å²) < 4.78 is 5.01. The fourth-order valence-electron chi connectivity index (χ4n) is 1.45. The predicted octanol–water partition coefficient (Wildman–Crippen LogP) is 0.931. The summed E-state index contributed by atoms with van der Waals surface area (Å²) in [4.78, 5) is 26.5. The normalized spacial score (nSPS) is 11.7. The molecule has 0 aromatic carbocycles.